The molecule has 0 saturated heterocycles. The van der Waals surface area contributed by atoms with Crippen LogP contribution in [-0.4, -0.2) is 53.6 Å². The van der Waals surface area contributed by atoms with Gasteiger partial charge >= 0.3 is 11.9 Å². The van der Waals surface area contributed by atoms with Crippen LogP contribution >= 0.6 is 0 Å². The van der Waals surface area contributed by atoms with Gasteiger partial charge in [0, 0.05) is 25.7 Å². The fraction of sp³-hybridized carbons (Fsp3) is 0.500. The lowest BCUT2D eigenvalue weighted by molar-refractivity contribution is -0.143. The number of esters is 2. The maximum Gasteiger partial charge on any atom is 0.343 e. The molecule has 0 heterocycles. The molecule has 4 aromatic rings. The molecule has 0 unspecified atom stereocenters. The highest BCUT2D eigenvalue weighted by molar-refractivity contribution is 5.72. The Morgan fingerprint density at radius 1 is 0.383 bits per heavy atom. The second kappa shape index (κ2) is 17.6. The molecule has 0 radical (unpaired) electrons. The van der Waals surface area contributed by atoms with Crippen LogP contribution in [0.3, 0.4) is 0 Å². The van der Waals surface area contributed by atoms with Gasteiger partial charge in [-0.3, -0.25) is 0 Å². The molecule has 324 valence electrons. The highest BCUT2D eigenvalue weighted by Gasteiger charge is 2.29. The van der Waals surface area contributed by atoms with Gasteiger partial charge in [-0.2, -0.15) is 0 Å². The molecule has 0 aliphatic heterocycles. The van der Waals surface area contributed by atoms with Crippen LogP contribution in [0.4, 0.5) is 0 Å². The van der Waals surface area contributed by atoms with Crippen molar-refractivity contribution < 1.29 is 38.0 Å². The van der Waals surface area contributed by atoms with Crippen molar-refractivity contribution in [2.75, 3.05) is 41.7 Å². The van der Waals surface area contributed by atoms with E-state index in [1.54, 1.807) is 14.2 Å². The van der Waals surface area contributed by atoms with Gasteiger partial charge < -0.3 is 28.4 Å². The van der Waals surface area contributed by atoms with Crippen LogP contribution in [0, 0.1) is 0 Å². The van der Waals surface area contributed by atoms with Crippen LogP contribution in [-0.2, 0) is 66.4 Å². The topological polar surface area (TPSA) is 89.5 Å². The molecule has 0 N–H and O–H groups in total. The van der Waals surface area contributed by atoms with Crippen LogP contribution in [0.2, 0.25) is 0 Å². The van der Waals surface area contributed by atoms with Crippen molar-refractivity contribution in [1.82, 2.24) is 0 Å². The molecule has 0 fully saturated rings. The number of hydrogen-bond acceptors (Lipinski definition) is 8. The predicted octanol–water partition coefficient (Wildman–Crippen LogP) is 10.7. The fourth-order valence-corrected chi connectivity index (χ4v) is 7.90. The molecule has 0 aromatic heterocycles. The van der Waals surface area contributed by atoms with Gasteiger partial charge in [0.25, 0.3) is 0 Å². The van der Waals surface area contributed by atoms with E-state index in [-0.39, 0.29) is 34.9 Å². The first kappa shape index (κ1) is 46.1. The van der Waals surface area contributed by atoms with E-state index in [4.69, 9.17) is 28.4 Å². The molecule has 0 amide bonds. The van der Waals surface area contributed by atoms with Crippen molar-refractivity contribution in [3.8, 4) is 23.0 Å². The summed E-state index contributed by atoms with van der Waals surface area (Å²) in [7, 11) is 6.20. The first-order valence-electron chi connectivity index (χ1n) is 21.0. The van der Waals surface area contributed by atoms with Gasteiger partial charge in [-0.05, 0) is 88.4 Å². The lowest BCUT2D eigenvalue weighted by Gasteiger charge is -2.29. The molecule has 5 rings (SSSR count). The normalized spacial score (nSPS) is 13.3. The Morgan fingerprint density at radius 3 is 0.750 bits per heavy atom. The molecule has 8 bridgehead atoms. The Hall–Kier alpha value is -4.98. The summed E-state index contributed by atoms with van der Waals surface area (Å²) in [6.07, 6.45) is 1.88. The summed E-state index contributed by atoms with van der Waals surface area (Å²) in [4.78, 5) is 25.5. The number of carbonyl (C=O) groups is 2. The molecule has 8 heteroatoms. The summed E-state index contributed by atoms with van der Waals surface area (Å²) in [5.74, 6) is 1.90. The van der Waals surface area contributed by atoms with Crippen LogP contribution in [0.15, 0.2) is 48.5 Å². The number of hydrogen-bond donors (Lipinski definition) is 0. The molecule has 4 aromatic carbocycles. The van der Waals surface area contributed by atoms with Gasteiger partial charge in [0.2, 0.25) is 0 Å². The van der Waals surface area contributed by atoms with Crippen molar-refractivity contribution in [1.29, 1.82) is 0 Å². The Morgan fingerprint density at radius 2 is 0.583 bits per heavy atom. The number of ether oxygens (including phenoxy) is 6. The van der Waals surface area contributed by atoms with E-state index in [2.05, 4.69) is 132 Å². The van der Waals surface area contributed by atoms with Gasteiger partial charge in [-0.15, -0.1) is 0 Å². The summed E-state index contributed by atoms with van der Waals surface area (Å²) in [6, 6.07) is 17.8. The highest BCUT2D eigenvalue weighted by Crippen LogP contribution is 2.44. The van der Waals surface area contributed by atoms with Crippen LogP contribution in [0.25, 0.3) is 0 Å². The maximum atomic E-state index is 12.7. The minimum Gasteiger partial charge on any atom is -0.496 e. The third kappa shape index (κ3) is 10.5. The summed E-state index contributed by atoms with van der Waals surface area (Å²) in [5.41, 5.74) is 11.5. The first-order chi connectivity index (χ1) is 27.9. The average molecular weight is 821 g/mol. The van der Waals surface area contributed by atoms with Crippen LogP contribution in [0.5, 0.6) is 23.0 Å². The first-order valence-corrected chi connectivity index (χ1v) is 21.0. The molecule has 8 nitrogen and oxygen atoms in total. The van der Waals surface area contributed by atoms with E-state index in [1.807, 2.05) is 0 Å². The average Bonchev–Trinajstić information content (AvgIpc) is 3.14. The lowest BCUT2D eigenvalue weighted by Crippen LogP contribution is -2.19. The van der Waals surface area contributed by atoms with Gasteiger partial charge in [-0.25, -0.2) is 9.59 Å². The standard InChI is InChI=1S/C52H68O8/c1-49(2,3)39-21-31-17-35-25-41(51(7,8)9)27-37(47(35)59-29-43(53)55-13)19-33-23-40(50(4,5)6)24-34(46(33)58-16)20-38-28-42(52(10,11)12)26-36(18-32(22-39)45(31)57-15)48(38)60-30-44(54)56-14/h21-28H,17-20,29-30H2,1-16H3. The molecule has 60 heavy (non-hydrogen) atoms. The van der Waals surface area contributed by atoms with Gasteiger partial charge in [0.1, 0.15) is 23.0 Å². The van der Waals surface area contributed by atoms with Crippen molar-refractivity contribution in [2.45, 2.75) is 130 Å². The van der Waals surface area contributed by atoms with E-state index in [0.29, 0.717) is 37.2 Å². The van der Waals surface area contributed by atoms with Gasteiger partial charge in [0.05, 0.1) is 28.4 Å². The SMILES string of the molecule is COC(=O)COc1c2cc(C(C)(C)C)cc1Cc1cc(C(C)(C)C)cc(c1OC)Cc1cc(C(C)(C)C)cc(c1OCC(=O)OC)Cc1cc(C(C)(C)C)cc(c1OC)C2. The van der Waals surface area contributed by atoms with Crippen molar-refractivity contribution in [3.63, 3.8) is 0 Å². The molecule has 0 spiro atoms. The summed E-state index contributed by atoms with van der Waals surface area (Å²) in [6.45, 7) is 26.1. The molecular weight excluding hydrogens is 753 g/mol. The number of benzene rings is 4. The summed E-state index contributed by atoms with van der Waals surface area (Å²) < 4.78 is 36.1. The molecular formula is C52H68O8. The lowest BCUT2D eigenvalue weighted by atomic mass is 9.79. The predicted molar refractivity (Wildman–Crippen MR) is 240 cm³/mol. The minimum atomic E-state index is -0.459. The Bertz CT molecular complexity index is 1980. The van der Waals surface area contributed by atoms with E-state index in [1.165, 1.54) is 14.2 Å². The van der Waals surface area contributed by atoms with E-state index in [9.17, 15) is 9.59 Å². The highest BCUT2D eigenvalue weighted by atomic mass is 16.6. The van der Waals surface area contributed by atoms with Crippen molar-refractivity contribution in [3.05, 3.63) is 115 Å². The summed E-state index contributed by atoms with van der Waals surface area (Å²) >= 11 is 0. The third-order valence-electron chi connectivity index (χ3n) is 11.5. The second-order valence-electron chi connectivity index (χ2n) is 20.3. The largest absolute Gasteiger partial charge is 0.496 e. The molecule has 1 aliphatic rings. The van der Waals surface area contributed by atoms with Gasteiger partial charge in [0.15, 0.2) is 13.2 Å². The minimum absolute atomic E-state index is 0.202. The number of methoxy groups -OCH3 is 4. The zero-order valence-corrected chi connectivity index (χ0v) is 39.1. The third-order valence-corrected chi connectivity index (χ3v) is 11.5. The Balaban J connectivity index is 1.99. The van der Waals surface area contributed by atoms with E-state index < -0.39 is 11.9 Å². The van der Waals surface area contributed by atoms with Crippen LogP contribution < -0.4 is 18.9 Å². The smallest absolute Gasteiger partial charge is 0.343 e. The molecule has 0 saturated carbocycles. The molecule has 1 aliphatic carbocycles. The van der Waals surface area contributed by atoms with Crippen molar-refractivity contribution in [2.24, 2.45) is 0 Å². The number of carbonyl (C=O) groups excluding carboxylic acids is 2. The molecule has 0 atom stereocenters. The van der Waals surface area contributed by atoms with E-state index >= 15 is 0 Å². The van der Waals surface area contributed by atoms with Crippen LogP contribution in [0.1, 0.15) is 150 Å². The fourth-order valence-electron chi connectivity index (χ4n) is 7.90. The Kier molecular flexibility index (Phi) is 13.5. The maximum absolute atomic E-state index is 12.7. The van der Waals surface area contributed by atoms with E-state index in [0.717, 1.165) is 78.3 Å². The zero-order valence-electron chi connectivity index (χ0n) is 39.1. The Labute approximate surface area is 359 Å². The van der Waals surface area contributed by atoms with Gasteiger partial charge in [-0.1, -0.05) is 132 Å². The number of rotatable bonds is 8. The van der Waals surface area contributed by atoms with Crippen molar-refractivity contribution >= 4 is 11.9 Å². The summed E-state index contributed by atoms with van der Waals surface area (Å²) in [5, 5.41) is 0. The second-order valence-corrected chi connectivity index (χ2v) is 20.3. The number of fused-ring (bicyclic) bond motifs is 8. The zero-order chi connectivity index (χ0) is 44.5. The monoisotopic (exact) mass is 820 g/mol. The quantitative estimate of drug-likeness (QED) is 0.143.